The minimum Gasteiger partial charge on any atom is -0.481 e. The van der Waals surface area contributed by atoms with Crippen LogP contribution in [0.2, 0.25) is 0 Å². The summed E-state index contributed by atoms with van der Waals surface area (Å²) in [6.45, 7) is 6.76. The molecular formula is C16H30N2O3. The number of hydrogen-bond donors (Lipinski definition) is 3. The van der Waals surface area contributed by atoms with Crippen molar-refractivity contribution in [3.05, 3.63) is 0 Å². The molecule has 5 heteroatoms. The number of carboxylic acids is 1. The van der Waals surface area contributed by atoms with Crippen LogP contribution in [0, 0.1) is 5.41 Å². The summed E-state index contributed by atoms with van der Waals surface area (Å²) in [5.74, 6) is -0.918. The van der Waals surface area contributed by atoms with E-state index in [9.17, 15) is 14.7 Å². The van der Waals surface area contributed by atoms with Gasteiger partial charge in [0.25, 0.3) is 0 Å². The maximum absolute atomic E-state index is 12.2. The Morgan fingerprint density at radius 1 is 0.952 bits per heavy atom. The Hall–Kier alpha value is -1.26. The first kappa shape index (κ1) is 17.8. The molecule has 3 N–H and O–H groups in total. The van der Waals surface area contributed by atoms with Crippen molar-refractivity contribution in [3.63, 3.8) is 0 Å². The Kier molecular flexibility index (Phi) is 6.05. The summed E-state index contributed by atoms with van der Waals surface area (Å²) < 4.78 is 0. The van der Waals surface area contributed by atoms with E-state index < -0.39 is 16.9 Å². The largest absolute Gasteiger partial charge is 0.481 e. The molecule has 0 unspecified atom stereocenters. The predicted molar refractivity (Wildman–Crippen MR) is 83.3 cm³/mol. The van der Waals surface area contributed by atoms with E-state index in [0.717, 1.165) is 25.7 Å². The molecule has 0 saturated heterocycles. The molecule has 0 bridgehead atoms. The van der Waals surface area contributed by atoms with Crippen LogP contribution < -0.4 is 10.6 Å². The van der Waals surface area contributed by atoms with Gasteiger partial charge in [0, 0.05) is 6.04 Å². The zero-order valence-electron chi connectivity index (χ0n) is 13.8. The number of carboxylic acid groups (broad SMARTS) is 1. The normalized spacial score (nSPS) is 18.5. The van der Waals surface area contributed by atoms with Gasteiger partial charge in [0.15, 0.2) is 0 Å². The van der Waals surface area contributed by atoms with Crippen molar-refractivity contribution in [1.29, 1.82) is 0 Å². The third kappa shape index (κ3) is 4.90. The Morgan fingerprint density at radius 3 is 1.90 bits per heavy atom. The highest BCUT2D eigenvalue weighted by Gasteiger charge is 2.44. The number of carbonyl (C=O) groups excluding carboxylic acids is 1. The van der Waals surface area contributed by atoms with Crippen LogP contribution in [-0.2, 0) is 4.79 Å². The Labute approximate surface area is 127 Å². The van der Waals surface area contributed by atoms with Crippen molar-refractivity contribution < 1.29 is 14.7 Å². The molecule has 0 spiro atoms. The summed E-state index contributed by atoms with van der Waals surface area (Å²) in [6, 6.07) is -0.0612. The van der Waals surface area contributed by atoms with Crippen LogP contribution in [0.5, 0.6) is 0 Å². The van der Waals surface area contributed by atoms with Gasteiger partial charge in [-0.3, -0.25) is 4.79 Å². The van der Waals surface area contributed by atoms with E-state index in [1.54, 1.807) is 27.7 Å². The number of aliphatic carboxylic acids is 1. The fraction of sp³-hybridized carbons (Fsp3) is 0.875. The second kappa shape index (κ2) is 7.14. The molecule has 0 aliphatic heterocycles. The van der Waals surface area contributed by atoms with Gasteiger partial charge in [0.1, 0.15) is 0 Å². The third-order valence-corrected chi connectivity index (χ3v) is 4.96. The van der Waals surface area contributed by atoms with Crippen molar-refractivity contribution in [3.8, 4) is 0 Å². The lowest BCUT2D eigenvalue weighted by Gasteiger charge is -2.39. The van der Waals surface area contributed by atoms with Crippen LogP contribution in [0.4, 0.5) is 4.79 Å². The van der Waals surface area contributed by atoms with Crippen LogP contribution in [0.1, 0.15) is 72.6 Å². The molecule has 1 aliphatic rings. The lowest BCUT2D eigenvalue weighted by Crippen LogP contribution is -2.60. The van der Waals surface area contributed by atoms with Crippen LogP contribution >= 0.6 is 0 Å². The average Bonchev–Trinajstić information content (AvgIpc) is 2.31. The summed E-state index contributed by atoms with van der Waals surface area (Å²) in [7, 11) is 0. The highest BCUT2D eigenvalue weighted by Crippen LogP contribution is 2.30. The predicted octanol–water partition coefficient (Wildman–Crippen LogP) is 3.29. The van der Waals surface area contributed by atoms with Gasteiger partial charge in [-0.2, -0.15) is 0 Å². The molecule has 0 aromatic heterocycles. The zero-order valence-corrected chi connectivity index (χ0v) is 13.8. The van der Waals surface area contributed by atoms with E-state index in [-0.39, 0.29) is 12.1 Å². The smallest absolute Gasteiger partial charge is 0.315 e. The Balaban J connectivity index is 2.57. The maximum Gasteiger partial charge on any atom is 0.315 e. The van der Waals surface area contributed by atoms with Crippen LogP contribution in [-0.4, -0.2) is 28.7 Å². The van der Waals surface area contributed by atoms with Crippen molar-refractivity contribution in [1.82, 2.24) is 10.6 Å². The molecule has 0 radical (unpaired) electrons. The number of nitrogens with one attached hydrogen (secondary N) is 2. The van der Waals surface area contributed by atoms with E-state index in [1.807, 2.05) is 0 Å². The molecule has 122 valence electrons. The summed E-state index contributed by atoms with van der Waals surface area (Å²) in [6.07, 6.45) is 8.07. The first-order chi connectivity index (χ1) is 9.67. The summed E-state index contributed by atoms with van der Waals surface area (Å²) >= 11 is 0. The molecule has 1 rings (SSSR count). The number of amides is 2. The van der Waals surface area contributed by atoms with Gasteiger partial charge >= 0.3 is 12.0 Å². The highest BCUT2D eigenvalue weighted by molar-refractivity contribution is 5.79. The summed E-state index contributed by atoms with van der Waals surface area (Å²) in [4.78, 5) is 23.5. The van der Waals surface area contributed by atoms with Crippen molar-refractivity contribution in [2.45, 2.75) is 84.2 Å². The monoisotopic (exact) mass is 298 g/mol. The molecule has 0 heterocycles. The molecule has 1 aliphatic carbocycles. The van der Waals surface area contributed by atoms with Gasteiger partial charge in [-0.25, -0.2) is 4.79 Å². The van der Waals surface area contributed by atoms with Gasteiger partial charge in [-0.15, -0.1) is 0 Å². The van der Waals surface area contributed by atoms with Crippen LogP contribution in [0.3, 0.4) is 0 Å². The fourth-order valence-corrected chi connectivity index (χ4v) is 2.53. The third-order valence-electron chi connectivity index (χ3n) is 4.96. The molecule has 1 fully saturated rings. The molecule has 0 aromatic rings. The standard InChI is InChI=1S/C16H30N2O3/c1-15(2,13(19)20)16(3,4)18-14(21)17-12-10-8-6-5-7-9-11-12/h12H,5-11H2,1-4H3,(H,19,20)(H2,17,18,21). The molecular weight excluding hydrogens is 268 g/mol. The summed E-state index contributed by atoms with van der Waals surface area (Å²) in [5.41, 5.74) is -1.87. The number of urea groups is 1. The fourth-order valence-electron chi connectivity index (χ4n) is 2.53. The molecule has 2 amide bonds. The molecule has 5 nitrogen and oxygen atoms in total. The second-order valence-electron chi connectivity index (χ2n) is 7.20. The highest BCUT2D eigenvalue weighted by atomic mass is 16.4. The average molecular weight is 298 g/mol. The SMILES string of the molecule is CC(C)(NC(=O)NC1CCCCCCC1)C(C)(C)C(=O)O. The number of carbonyl (C=O) groups is 2. The minimum atomic E-state index is -1.04. The van der Waals surface area contributed by atoms with Crippen LogP contribution in [0.25, 0.3) is 0 Å². The van der Waals surface area contributed by atoms with E-state index in [0.29, 0.717) is 0 Å². The first-order valence-corrected chi connectivity index (χ1v) is 7.99. The van der Waals surface area contributed by atoms with E-state index in [1.165, 1.54) is 19.3 Å². The van der Waals surface area contributed by atoms with Crippen LogP contribution in [0.15, 0.2) is 0 Å². The quantitative estimate of drug-likeness (QED) is 0.745. The van der Waals surface area contributed by atoms with E-state index in [2.05, 4.69) is 10.6 Å². The Bertz CT molecular complexity index is 370. The lowest BCUT2D eigenvalue weighted by molar-refractivity contribution is -0.150. The molecule has 0 aromatic carbocycles. The van der Waals surface area contributed by atoms with Crippen molar-refractivity contribution in [2.75, 3.05) is 0 Å². The maximum atomic E-state index is 12.2. The van der Waals surface area contributed by atoms with E-state index >= 15 is 0 Å². The zero-order chi connectivity index (χ0) is 16.1. The summed E-state index contributed by atoms with van der Waals surface area (Å²) in [5, 5.41) is 15.1. The minimum absolute atomic E-state index is 0.203. The second-order valence-corrected chi connectivity index (χ2v) is 7.20. The topological polar surface area (TPSA) is 78.4 Å². The molecule has 0 atom stereocenters. The lowest BCUT2D eigenvalue weighted by atomic mass is 9.74. The van der Waals surface area contributed by atoms with Gasteiger partial charge in [-0.1, -0.05) is 32.1 Å². The van der Waals surface area contributed by atoms with Gasteiger partial charge < -0.3 is 15.7 Å². The van der Waals surface area contributed by atoms with Gasteiger partial charge in [0.2, 0.25) is 0 Å². The van der Waals surface area contributed by atoms with Crippen molar-refractivity contribution >= 4 is 12.0 Å². The Morgan fingerprint density at radius 2 is 1.43 bits per heavy atom. The number of rotatable bonds is 4. The first-order valence-electron chi connectivity index (χ1n) is 7.99. The van der Waals surface area contributed by atoms with E-state index in [4.69, 9.17) is 0 Å². The van der Waals surface area contributed by atoms with Gasteiger partial charge in [0.05, 0.1) is 11.0 Å². The van der Waals surface area contributed by atoms with Gasteiger partial charge in [-0.05, 0) is 40.5 Å². The number of hydrogen-bond acceptors (Lipinski definition) is 2. The molecule has 1 saturated carbocycles. The molecule has 21 heavy (non-hydrogen) atoms. The van der Waals surface area contributed by atoms with Crippen molar-refractivity contribution in [2.24, 2.45) is 5.41 Å².